The van der Waals surface area contributed by atoms with Crippen LogP contribution in [-0.4, -0.2) is 16.0 Å². The average Bonchev–Trinajstić information content (AvgIpc) is 2.45. The maximum absolute atomic E-state index is 10.8. The molecule has 0 aliphatic heterocycles. The molecule has 0 atom stereocenters. The maximum Gasteiger partial charge on any atom is 0.328 e. The van der Waals surface area contributed by atoms with Crippen LogP contribution < -0.4 is 0 Å². The van der Waals surface area contributed by atoms with Crippen molar-refractivity contribution < 1.29 is 14.8 Å². The van der Waals surface area contributed by atoms with Crippen molar-refractivity contribution >= 4 is 17.7 Å². The van der Waals surface area contributed by atoms with Crippen LogP contribution in [0.5, 0.6) is 0 Å². The molecule has 0 fully saturated rings. The van der Waals surface area contributed by atoms with E-state index in [9.17, 15) is 14.9 Å². The Morgan fingerprint density at radius 1 is 1.15 bits per heavy atom. The number of hydrogen-bond acceptors (Lipinski definition) is 3. The highest BCUT2D eigenvalue weighted by Crippen LogP contribution is 2.27. The Bertz CT molecular complexity index is 692. The highest BCUT2D eigenvalue weighted by Gasteiger charge is 2.08. The van der Waals surface area contributed by atoms with Gasteiger partial charge in [0.05, 0.1) is 4.92 Å². The van der Waals surface area contributed by atoms with Gasteiger partial charge in [-0.3, -0.25) is 10.1 Å². The molecule has 5 heteroatoms. The van der Waals surface area contributed by atoms with Crippen LogP contribution in [0.4, 0.5) is 5.69 Å². The summed E-state index contributed by atoms with van der Waals surface area (Å²) in [7, 11) is 0. The topological polar surface area (TPSA) is 80.4 Å². The van der Waals surface area contributed by atoms with E-state index in [-0.39, 0.29) is 5.69 Å². The molecule has 0 heterocycles. The summed E-state index contributed by atoms with van der Waals surface area (Å²) in [5, 5.41) is 19.5. The van der Waals surface area contributed by atoms with Gasteiger partial charge in [-0.2, -0.15) is 0 Å². The molecule has 0 aliphatic rings. The van der Waals surface area contributed by atoms with Gasteiger partial charge >= 0.3 is 5.97 Å². The number of non-ortho nitro benzene ring substituents is 1. The molecule has 0 amide bonds. The standard InChI is InChI=1S/C15H11NO4/c17-15(18)9-8-11-4-1-2-7-14(11)12-5-3-6-13(10-12)16(19)20/h1-10H,(H,17,18)/b9-8+. The first kappa shape index (κ1) is 13.5. The summed E-state index contributed by atoms with van der Waals surface area (Å²) >= 11 is 0. The van der Waals surface area contributed by atoms with Crippen LogP contribution in [-0.2, 0) is 4.79 Å². The van der Waals surface area contributed by atoms with E-state index < -0.39 is 10.9 Å². The normalized spacial score (nSPS) is 10.6. The summed E-state index contributed by atoms with van der Waals surface area (Å²) in [5.74, 6) is -1.04. The van der Waals surface area contributed by atoms with Gasteiger partial charge in [0.1, 0.15) is 0 Å². The van der Waals surface area contributed by atoms with Crippen LogP contribution in [0.25, 0.3) is 17.2 Å². The second-order valence-corrected chi connectivity index (χ2v) is 4.07. The van der Waals surface area contributed by atoms with Gasteiger partial charge in [0, 0.05) is 18.2 Å². The zero-order chi connectivity index (χ0) is 14.5. The van der Waals surface area contributed by atoms with Crippen molar-refractivity contribution in [1.29, 1.82) is 0 Å². The number of benzene rings is 2. The number of carboxylic acids is 1. The molecule has 100 valence electrons. The van der Waals surface area contributed by atoms with Crippen molar-refractivity contribution in [2.45, 2.75) is 0 Å². The second kappa shape index (κ2) is 5.79. The van der Waals surface area contributed by atoms with Crippen molar-refractivity contribution in [3.63, 3.8) is 0 Å². The van der Waals surface area contributed by atoms with Gasteiger partial charge in [-0.05, 0) is 22.8 Å². The molecule has 0 radical (unpaired) electrons. The fourth-order valence-corrected chi connectivity index (χ4v) is 1.85. The molecule has 0 bridgehead atoms. The van der Waals surface area contributed by atoms with E-state index in [0.717, 1.165) is 11.6 Å². The Morgan fingerprint density at radius 3 is 2.60 bits per heavy atom. The largest absolute Gasteiger partial charge is 0.478 e. The smallest absolute Gasteiger partial charge is 0.328 e. The van der Waals surface area contributed by atoms with Gasteiger partial charge in [0.25, 0.3) is 5.69 Å². The van der Waals surface area contributed by atoms with E-state index in [1.54, 1.807) is 36.4 Å². The maximum atomic E-state index is 10.8. The first-order valence-corrected chi connectivity index (χ1v) is 5.83. The molecule has 0 unspecified atom stereocenters. The minimum atomic E-state index is -1.04. The summed E-state index contributed by atoms with van der Waals surface area (Å²) in [6, 6.07) is 13.4. The highest BCUT2D eigenvalue weighted by molar-refractivity contribution is 5.88. The van der Waals surface area contributed by atoms with E-state index in [2.05, 4.69) is 0 Å². The number of carboxylic acid groups (broad SMARTS) is 1. The second-order valence-electron chi connectivity index (χ2n) is 4.07. The average molecular weight is 269 g/mol. The van der Waals surface area contributed by atoms with Crippen LogP contribution in [0.15, 0.2) is 54.6 Å². The molecule has 1 N–H and O–H groups in total. The Balaban J connectivity index is 2.50. The van der Waals surface area contributed by atoms with Gasteiger partial charge in [-0.15, -0.1) is 0 Å². The highest BCUT2D eigenvalue weighted by atomic mass is 16.6. The quantitative estimate of drug-likeness (QED) is 0.524. The van der Waals surface area contributed by atoms with Gasteiger partial charge in [0.2, 0.25) is 0 Å². The Hall–Kier alpha value is -2.95. The predicted molar refractivity (Wildman–Crippen MR) is 75.2 cm³/mol. The number of nitro benzene ring substituents is 1. The van der Waals surface area contributed by atoms with Crippen molar-refractivity contribution in [2.24, 2.45) is 0 Å². The van der Waals surface area contributed by atoms with Crippen molar-refractivity contribution in [1.82, 2.24) is 0 Å². The summed E-state index contributed by atoms with van der Waals surface area (Å²) < 4.78 is 0. The van der Waals surface area contributed by atoms with Gasteiger partial charge in [-0.1, -0.05) is 36.4 Å². The molecule has 0 aliphatic carbocycles. The number of carbonyl (C=O) groups is 1. The molecule has 5 nitrogen and oxygen atoms in total. The fraction of sp³-hybridized carbons (Fsp3) is 0. The molecule has 20 heavy (non-hydrogen) atoms. The summed E-state index contributed by atoms with van der Waals surface area (Å²) in [5.41, 5.74) is 2.11. The molecule has 0 spiro atoms. The number of nitro groups is 1. The summed E-state index contributed by atoms with van der Waals surface area (Å²) in [4.78, 5) is 20.9. The molecule has 0 aromatic heterocycles. The molecule has 0 saturated carbocycles. The first-order valence-electron chi connectivity index (χ1n) is 5.83. The fourth-order valence-electron chi connectivity index (χ4n) is 1.85. The van der Waals surface area contributed by atoms with E-state index >= 15 is 0 Å². The van der Waals surface area contributed by atoms with Gasteiger partial charge < -0.3 is 5.11 Å². The zero-order valence-corrected chi connectivity index (χ0v) is 10.4. The number of nitrogens with zero attached hydrogens (tertiary/aromatic N) is 1. The minimum Gasteiger partial charge on any atom is -0.478 e. The molecule has 2 aromatic rings. The lowest BCUT2D eigenvalue weighted by Crippen LogP contribution is -1.90. The van der Waals surface area contributed by atoms with E-state index in [0.29, 0.717) is 11.1 Å². The predicted octanol–water partition coefficient (Wildman–Crippen LogP) is 3.36. The van der Waals surface area contributed by atoms with Crippen molar-refractivity contribution in [2.75, 3.05) is 0 Å². The lowest BCUT2D eigenvalue weighted by Gasteiger charge is -2.06. The number of rotatable bonds is 4. The van der Waals surface area contributed by atoms with Crippen LogP contribution in [0, 0.1) is 10.1 Å². The van der Waals surface area contributed by atoms with E-state index in [4.69, 9.17) is 5.11 Å². The number of aliphatic carboxylic acids is 1. The molecule has 0 saturated heterocycles. The minimum absolute atomic E-state index is 0.000447. The Kier molecular flexibility index (Phi) is 3.91. The third kappa shape index (κ3) is 3.08. The van der Waals surface area contributed by atoms with Gasteiger partial charge in [0.15, 0.2) is 0 Å². The summed E-state index contributed by atoms with van der Waals surface area (Å²) in [6.07, 6.45) is 2.51. The van der Waals surface area contributed by atoms with E-state index in [1.165, 1.54) is 18.2 Å². The lowest BCUT2D eigenvalue weighted by atomic mass is 9.99. The summed E-state index contributed by atoms with van der Waals surface area (Å²) in [6.45, 7) is 0. The monoisotopic (exact) mass is 269 g/mol. The molecular weight excluding hydrogens is 258 g/mol. The van der Waals surface area contributed by atoms with Crippen molar-refractivity contribution in [3.8, 4) is 11.1 Å². The van der Waals surface area contributed by atoms with Crippen LogP contribution in [0.3, 0.4) is 0 Å². The van der Waals surface area contributed by atoms with E-state index in [1.807, 2.05) is 0 Å². The molecular formula is C15H11NO4. The molecule has 2 aromatic carbocycles. The number of hydrogen-bond donors (Lipinski definition) is 1. The van der Waals surface area contributed by atoms with Crippen molar-refractivity contribution in [3.05, 3.63) is 70.3 Å². The lowest BCUT2D eigenvalue weighted by molar-refractivity contribution is -0.384. The Morgan fingerprint density at radius 2 is 1.90 bits per heavy atom. The third-order valence-electron chi connectivity index (χ3n) is 2.73. The van der Waals surface area contributed by atoms with Crippen LogP contribution in [0.1, 0.15) is 5.56 Å². The zero-order valence-electron chi connectivity index (χ0n) is 10.4. The SMILES string of the molecule is O=C(O)/C=C/c1ccccc1-c1cccc([N+](=O)[O-])c1. The van der Waals surface area contributed by atoms with Crippen LogP contribution in [0.2, 0.25) is 0 Å². The van der Waals surface area contributed by atoms with Gasteiger partial charge in [-0.25, -0.2) is 4.79 Å². The Labute approximate surface area is 115 Å². The molecule has 2 rings (SSSR count). The van der Waals surface area contributed by atoms with Crippen LogP contribution >= 0.6 is 0 Å². The first-order chi connectivity index (χ1) is 9.58. The third-order valence-corrected chi connectivity index (χ3v) is 2.73.